The van der Waals surface area contributed by atoms with E-state index < -0.39 is 5.97 Å². The molecule has 1 aliphatic heterocycles. The molecule has 3 rings (SSSR count). The summed E-state index contributed by atoms with van der Waals surface area (Å²) in [6, 6.07) is 3.48. The lowest BCUT2D eigenvalue weighted by Crippen LogP contribution is -2.15. The molecule has 0 amide bonds. The Labute approximate surface area is 109 Å². The van der Waals surface area contributed by atoms with Crippen LogP contribution in [0.25, 0.3) is 11.0 Å². The molecule has 0 saturated carbocycles. The number of carbonyl (C=O) groups excluding carboxylic acids is 1. The van der Waals surface area contributed by atoms with Gasteiger partial charge in [0.2, 0.25) is 0 Å². The van der Waals surface area contributed by atoms with Crippen LogP contribution >= 0.6 is 0 Å². The zero-order valence-electron chi connectivity index (χ0n) is 10.4. The number of nitrogens with zero attached hydrogens (tertiary/aromatic N) is 2. The Hall–Kier alpha value is -2.37. The molecular weight excluding hydrogens is 248 g/mol. The summed E-state index contributed by atoms with van der Waals surface area (Å²) in [7, 11) is 0. The zero-order valence-corrected chi connectivity index (χ0v) is 10.4. The molecule has 0 unspecified atom stereocenters. The van der Waals surface area contributed by atoms with Crippen LogP contribution in [0.4, 0.5) is 0 Å². The molecule has 0 radical (unpaired) electrons. The lowest BCUT2D eigenvalue weighted by atomic mass is 10.2. The normalized spacial score (nSPS) is 13.3. The molecule has 0 bridgehead atoms. The predicted octanol–water partition coefficient (Wildman–Crippen LogP) is 1.58. The van der Waals surface area contributed by atoms with E-state index in [4.69, 9.17) is 14.2 Å². The SMILES string of the molecule is CCOC(=O)c1cnc2cc3c(cc2n1)OCCO3. The molecule has 1 aliphatic rings. The van der Waals surface area contributed by atoms with Crippen molar-refractivity contribution in [3.05, 3.63) is 24.0 Å². The Morgan fingerprint density at radius 3 is 2.63 bits per heavy atom. The molecule has 0 saturated heterocycles. The van der Waals surface area contributed by atoms with Crippen molar-refractivity contribution in [1.82, 2.24) is 9.97 Å². The molecule has 6 nitrogen and oxygen atoms in total. The summed E-state index contributed by atoms with van der Waals surface area (Å²) >= 11 is 0. The Morgan fingerprint density at radius 2 is 1.95 bits per heavy atom. The van der Waals surface area contributed by atoms with Crippen LogP contribution in [-0.4, -0.2) is 35.8 Å². The summed E-state index contributed by atoms with van der Waals surface area (Å²) in [4.78, 5) is 20.0. The van der Waals surface area contributed by atoms with E-state index in [1.165, 1.54) is 6.20 Å². The third-order valence-corrected chi connectivity index (χ3v) is 2.69. The van der Waals surface area contributed by atoms with Crippen molar-refractivity contribution in [2.75, 3.05) is 19.8 Å². The van der Waals surface area contributed by atoms with Crippen molar-refractivity contribution in [3.63, 3.8) is 0 Å². The van der Waals surface area contributed by atoms with Gasteiger partial charge in [0, 0.05) is 12.1 Å². The van der Waals surface area contributed by atoms with Crippen molar-refractivity contribution < 1.29 is 19.0 Å². The van der Waals surface area contributed by atoms with Gasteiger partial charge >= 0.3 is 5.97 Å². The standard InChI is InChI=1S/C13H12N2O4/c1-2-17-13(16)10-7-14-8-5-11-12(6-9(8)15-10)19-4-3-18-11/h5-7H,2-4H2,1H3. The summed E-state index contributed by atoms with van der Waals surface area (Å²) in [6.45, 7) is 3.07. The van der Waals surface area contributed by atoms with Gasteiger partial charge in [-0.25, -0.2) is 9.78 Å². The molecule has 6 heteroatoms. The van der Waals surface area contributed by atoms with Crippen molar-refractivity contribution in [1.29, 1.82) is 0 Å². The lowest BCUT2D eigenvalue weighted by molar-refractivity contribution is 0.0519. The molecule has 1 aromatic carbocycles. The first kappa shape index (κ1) is 11.7. The van der Waals surface area contributed by atoms with Gasteiger partial charge < -0.3 is 14.2 Å². The number of rotatable bonds is 2. The quantitative estimate of drug-likeness (QED) is 0.763. The molecule has 0 aliphatic carbocycles. The van der Waals surface area contributed by atoms with Gasteiger partial charge in [0.15, 0.2) is 17.2 Å². The minimum absolute atomic E-state index is 0.186. The Kier molecular flexibility index (Phi) is 2.91. The van der Waals surface area contributed by atoms with Crippen LogP contribution in [0.5, 0.6) is 11.5 Å². The Balaban J connectivity index is 2.05. The highest BCUT2D eigenvalue weighted by atomic mass is 16.6. The molecule has 19 heavy (non-hydrogen) atoms. The predicted molar refractivity (Wildman–Crippen MR) is 66.5 cm³/mol. The van der Waals surface area contributed by atoms with Crippen molar-refractivity contribution in [2.24, 2.45) is 0 Å². The maximum Gasteiger partial charge on any atom is 0.358 e. The van der Waals surface area contributed by atoms with E-state index in [0.29, 0.717) is 42.4 Å². The molecule has 0 spiro atoms. The summed E-state index contributed by atoms with van der Waals surface area (Å²) in [5.41, 5.74) is 1.41. The minimum atomic E-state index is -0.480. The first-order valence-corrected chi connectivity index (χ1v) is 6.01. The van der Waals surface area contributed by atoms with Gasteiger partial charge in [0.1, 0.15) is 13.2 Å². The van der Waals surface area contributed by atoms with Crippen molar-refractivity contribution in [3.8, 4) is 11.5 Å². The number of fused-ring (bicyclic) bond motifs is 2. The van der Waals surface area contributed by atoms with E-state index in [-0.39, 0.29) is 5.69 Å². The van der Waals surface area contributed by atoms with Gasteiger partial charge in [-0.1, -0.05) is 0 Å². The molecule has 0 fully saturated rings. The maximum absolute atomic E-state index is 11.6. The van der Waals surface area contributed by atoms with Gasteiger partial charge in [-0.2, -0.15) is 0 Å². The third-order valence-electron chi connectivity index (χ3n) is 2.69. The van der Waals surface area contributed by atoms with Crippen LogP contribution in [0.3, 0.4) is 0 Å². The molecule has 0 N–H and O–H groups in total. The number of ether oxygens (including phenoxy) is 3. The fraction of sp³-hybridized carbons (Fsp3) is 0.308. The third kappa shape index (κ3) is 2.16. The molecule has 1 aromatic heterocycles. The molecule has 0 atom stereocenters. The van der Waals surface area contributed by atoms with E-state index in [1.807, 2.05) is 0 Å². The number of esters is 1. The average molecular weight is 260 g/mol. The van der Waals surface area contributed by atoms with E-state index in [2.05, 4.69) is 9.97 Å². The number of hydrogen-bond donors (Lipinski definition) is 0. The van der Waals surface area contributed by atoms with Gasteiger partial charge in [-0.15, -0.1) is 0 Å². The first-order valence-electron chi connectivity index (χ1n) is 6.01. The lowest BCUT2D eigenvalue weighted by Gasteiger charge is -2.18. The fourth-order valence-corrected chi connectivity index (χ4v) is 1.85. The minimum Gasteiger partial charge on any atom is -0.486 e. The summed E-state index contributed by atoms with van der Waals surface area (Å²) < 4.78 is 15.8. The maximum atomic E-state index is 11.6. The second-order valence-electron chi connectivity index (χ2n) is 3.96. The van der Waals surface area contributed by atoms with Gasteiger partial charge in [-0.3, -0.25) is 4.98 Å². The highest BCUT2D eigenvalue weighted by molar-refractivity contribution is 5.90. The van der Waals surface area contributed by atoms with Gasteiger partial charge in [-0.05, 0) is 6.92 Å². The van der Waals surface area contributed by atoms with Crippen LogP contribution in [0, 0.1) is 0 Å². The van der Waals surface area contributed by atoms with E-state index in [0.717, 1.165) is 0 Å². The Morgan fingerprint density at radius 1 is 1.26 bits per heavy atom. The van der Waals surface area contributed by atoms with Crippen LogP contribution in [-0.2, 0) is 4.74 Å². The summed E-state index contributed by atoms with van der Waals surface area (Å²) in [5, 5.41) is 0. The second-order valence-corrected chi connectivity index (χ2v) is 3.96. The van der Waals surface area contributed by atoms with Crippen LogP contribution in [0.2, 0.25) is 0 Å². The highest BCUT2D eigenvalue weighted by Gasteiger charge is 2.16. The van der Waals surface area contributed by atoms with Gasteiger partial charge in [0.25, 0.3) is 0 Å². The number of hydrogen-bond acceptors (Lipinski definition) is 6. The van der Waals surface area contributed by atoms with Gasteiger partial charge in [0.05, 0.1) is 23.8 Å². The number of aromatic nitrogens is 2. The fourth-order valence-electron chi connectivity index (χ4n) is 1.85. The molecule has 98 valence electrons. The van der Waals surface area contributed by atoms with E-state index >= 15 is 0 Å². The molecule has 2 aromatic rings. The average Bonchev–Trinajstić information content (AvgIpc) is 2.44. The topological polar surface area (TPSA) is 70.5 Å². The highest BCUT2D eigenvalue weighted by Crippen LogP contribution is 2.33. The molecular formula is C13H12N2O4. The number of carbonyl (C=O) groups is 1. The summed E-state index contributed by atoms with van der Waals surface area (Å²) in [5.74, 6) is 0.790. The largest absolute Gasteiger partial charge is 0.486 e. The number of benzene rings is 1. The second kappa shape index (κ2) is 4.72. The van der Waals surface area contributed by atoms with Crippen LogP contribution < -0.4 is 9.47 Å². The first-order chi connectivity index (χ1) is 9.28. The summed E-state index contributed by atoms with van der Waals surface area (Å²) in [6.07, 6.45) is 1.40. The van der Waals surface area contributed by atoms with Crippen molar-refractivity contribution in [2.45, 2.75) is 6.92 Å². The Bertz CT molecular complexity index is 642. The van der Waals surface area contributed by atoms with Crippen LogP contribution in [0.15, 0.2) is 18.3 Å². The van der Waals surface area contributed by atoms with Crippen LogP contribution in [0.1, 0.15) is 17.4 Å². The molecule has 2 heterocycles. The monoisotopic (exact) mass is 260 g/mol. The van der Waals surface area contributed by atoms with Crippen molar-refractivity contribution >= 4 is 17.0 Å². The van der Waals surface area contributed by atoms with E-state index in [1.54, 1.807) is 19.1 Å². The zero-order chi connectivity index (χ0) is 13.2. The smallest absolute Gasteiger partial charge is 0.358 e. The van der Waals surface area contributed by atoms with E-state index in [9.17, 15) is 4.79 Å².